The Morgan fingerprint density at radius 1 is 1.38 bits per heavy atom. The maximum atomic E-state index is 12.3. The van der Waals surface area contributed by atoms with Crippen molar-refractivity contribution in [1.29, 1.82) is 0 Å². The van der Waals surface area contributed by atoms with Gasteiger partial charge in [0.15, 0.2) is 0 Å². The number of nitrogens with one attached hydrogen (secondary N) is 1. The van der Waals surface area contributed by atoms with E-state index in [0.717, 1.165) is 19.3 Å². The molecule has 0 aromatic carbocycles. The summed E-state index contributed by atoms with van der Waals surface area (Å²) >= 11 is 1.66. The molecule has 0 aliphatic carbocycles. The molecule has 1 aliphatic heterocycles. The molecule has 0 radical (unpaired) electrons. The van der Waals surface area contributed by atoms with Crippen LogP contribution in [0.4, 0.5) is 0 Å². The molecule has 6 nitrogen and oxygen atoms in total. The van der Waals surface area contributed by atoms with Crippen molar-refractivity contribution in [3.8, 4) is 0 Å². The molecule has 3 heterocycles. The number of thiophene rings is 1. The molecule has 0 spiro atoms. The molecule has 128 valence electrons. The third kappa shape index (κ3) is 4.23. The number of hydrogen-bond acceptors (Lipinski definition) is 4. The fourth-order valence-electron chi connectivity index (χ4n) is 2.92. The summed E-state index contributed by atoms with van der Waals surface area (Å²) < 4.78 is 1.61. The van der Waals surface area contributed by atoms with E-state index < -0.39 is 0 Å². The Morgan fingerprint density at radius 2 is 2.17 bits per heavy atom. The number of likely N-dealkylation sites (tertiary alicyclic amines) is 1. The van der Waals surface area contributed by atoms with Crippen molar-refractivity contribution in [2.75, 3.05) is 13.1 Å². The highest BCUT2D eigenvalue weighted by atomic mass is 32.1. The third-order valence-electron chi connectivity index (χ3n) is 4.36. The highest BCUT2D eigenvalue weighted by Gasteiger charge is 2.24. The van der Waals surface area contributed by atoms with Gasteiger partial charge >= 0.3 is 0 Å². The van der Waals surface area contributed by atoms with Crippen LogP contribution >= 0.6 is 11.3 Å². The van der Waals surface area contributed by atoms with Crippen molar-refractivity contribution in [2.24, 2.45) is 7.05 Å². The number of nitrogens with zero attached hydrogens (tertiary/aromatic N) is 3. The summed E-state index contributed by atoms with van der Waals surface area (Å²) in [6.07, 6.45) is 6.24. The third-order valence-corrected chi connectivity index (χ3v) is 5.09. The first kappa shape index (κ1) is 16.7. The van der Waals surface area contributed by atoms with Crippen molar-refractivity contribution >= 4 is 23.2 Å². The average Bonchev–Trinajstić information content (AvgIpc) is 3.25. The standard InChI is InChI=1S/C17H22N4O2S/c1-20-11-14(10-18-20)17(23)19-15-4-7-21(8-5-15)16(22)3-2-13-6-9-24-12-13/h6,9-12,15H,2-5,7-8H2,1H3,(H,19,23). The van der Waals surface area contributed by atoms with Gasteiger partial charge in [-0.1, -0.05) is 0 Å². The summed E-state index contributed by atoms with van der Waals surface area (Å²) in [5.74, 6) is 0.114. The minimum atomic E-state index is -0.0923. The average molecular weight is 346 g/mol. The van der Waals surface area contributed by atoms with Gasteiger partial charge in [-0.3, -0.25) is 14.3 Å². The van der Waals surface area contributed by atoms with Crippen LogP contribution in [0, 0.1) is 0 Å². The van der Waals surface area contributed by atoms with Crippen LogP contribution in [0.1, 0.15) is 35.2 Å². The zero-order valence-corrected chi connectivity index (χ0v) is 14.6. The molecular formula is C17H22N4O2S. The van der Waals surface area contributed by atoms with Gasteiger partial charge in [0.25, 0.3) is 5.91 Å². The SMILES string of the molecule is Cn1cc(C(=O)NC2CCN(C(=O)CCc3ccsc3)CC2)cn1. The predicted octanol–water partition coefficient (Wildman–Crippen LogP) is 1.84. The normalized spacial score (nSPS) is 15.5. The Bertz CT molecular complexity index is 687. The molecular weight excluding hydrogens is 324 g/mol. The summed E-state index contributed by atoms with van der Waals surface area (Å²) in [6, 6.07) is 2.19. The van der Waals surface area contributed by atoms with Crippen LogP contribution in [-0.4, -0.2) is 45.6 Å². The maximum absolute atomic E-state index is 12.3. The van der Waals surface area contributed by atoms with E-state index in [4.69, 9.17) is 0 Å². The van der Waals surface area contributed by atoms with E-state index in [1.807, 2.05) is 10.3 Å². The largest absolute Gasteiger partial charge is 0.349 e. The van der Waals surface area contributed by atoms with Gasteiger partial charge in [-0.05, 0) is 41.7 Å². The van der Waals surface area contributed by atoms with Gasteiger partial charge in [0.2, 0.25) is 5.91 Å². The number of amides is 2. The lowest BCUT2D eigenvalue weighted by molar-refractivity contribution is -0.132. The van der Waals surface area contributed by atoms with Crippen molar-refractivity contribution in [3.05, 3.63) is 40.3 Å². The first-order chi connectivity index (χ1) is 11.6. The first-order valence-electron chi connectivity index (χ1n) is 8.20. The summed E-state index contributed by atoms with van der Waals surface area (Å²) in [5.41, 5.74) is 1.80. The molecule has 3 rings (SSSR count). The molecule has 2 aromatic rings. The van der Waals surface area contributed by atoms with Gasteiger partial charge in [-0.25, -0.2) is 0 Å². The van der Waals surface area contributed by atoms with E-state index in [1.165, 1.54) is 5.56 Å². The molecule has 24 heavy (non-hydrogen) atoms. The lowest BCUT2D eigenvalue weighted by atomic mass is 10.0. The van der Waals surface area contributed by atoms with Crippen LogP contribution in [0.2, 0.25) is 0 Å². The zero-order chi connectivity index (χ0) is 16.9. The van der Waals surface area contributed by atoms with Gasteiger partial charge < -0.3 is 10.2 Å². The van der Waals surface area contributed by atoms with Crippen LogP contribution in [0.3, 0.4) is 0 Å². The smallest absolute Gasteiger partial charge is 0.254 e. The van der Waals surface area contributed by atoms with Crippen LogP contribution in [0.15, 0.2) is 29.2 Å². The number of rotatable bonds is 5. The molecule has 0 unspecified atom stereocenters. The van der Waals surface area contributed by atoms with Crippen LogP contribution < -0.4 is 5.32 Å². The minimum Gasteiger partial charge on any atom is -0.349 e. The molecule has 0 saturated carbocycles. The van der Waals surface area contributed by atoms with Crippen LogP contribution in [0.5, 0.6) is 0 Å². The van der Waals surface area contributed by atoms with E-state index in [2.05, 4.69) is 21.9 Å². The maximum Gasteiger partial charge on any atom is 0.254 e. The monoisotopic (exact) mass is 346 g/mol. The minimum absolute atomic E-state index is 0.0923. The molecule has 1 saturated heterocycles. The fraction of sp³-hybridized carbons (Fsp3) is 0.471. The predicted molar refractivity (Wildman–Crippen MR) is 92.9 cm³/mol. The second kappa shape index (κ2) is 7.61. The van der Waals surface area contributed by atoms with Crippen molar-refractivity contribution in [1.82, 2.24) is 20.0 Å². The second-order valence-electron chi connectivity index (χ2n) is 6.16. The lowest BCUT2D eigenvalue weighted by Gasteiger charge is -2.32. The molecule has 2 aromatic heterocycles. The van der Waals surface area contributed by atoms with Gasteiger partial charge in [0.05, 0.1) is 11.8 Å². The van der Waals surface area contributed by atoms with Crippen LogP contribution in [0.25, 0.3) is 0 Å². The zero-order valence-electron chi connectivity index (χ0n) is 13.8. The van der Waals surface area contributed by atoms with Gasteiger partial charge in [-0.2, -0.15) is 16.4 Å². The summed E-state index contributed by atoms with van der Waals surface area (Å²) in [4.78, 5) is 26.3. The summed E-state index contributed by atoms with van der Waals surface area (Å²) in [6.45, 7) is 1.42. The summed E-state index contributed by atoms with van der Waals surface area (Å²) in [7, 11) is 1.79. The van der Waals surface area contributed by atoms with E-state index in [9.17, 15) is 9.59 Å². The molecule has 7 heteroatoms. The van der Waals surface area contributed by atoms with E-state index in [0.29, 0.717) is 25.1 Å². The quantitative estimate of drug-likeness (QED) is 0.898. The molecule has 2 amide bonds. The molecule has 0 atom stereocenters. The number of carbonyl (C=O) groups is 2. The number of hydrogen-bond donors (Lipinski definition) is 1. The van der Waals surface area contributed by atoms with Gasteiger partial charge in [0, 0.05) is 38.8 Å². The Morgan fingerprint density at radius 3 is 2.79 bits per heavy atom. The highest BCUT2D eigenvalue weighted by Crippen LogP contribution is 2.14. The molecule has 1 aliphatic rings. The summed E-state index contributed by atoms with van der Waals surface area (Å²) in [5, 5.41) is 11.2. The van der Waals surface area contributed by atoms with Crippen molar-refractivity contribution in [2.45, 2.75) is 31.7 Å². The number of aromatic nitrogens is 2. The van der Waals surface area contributed by atoms with Crippen molar-refractivity contribution < 1.29 is 9.59 Å². The number of piperidine rings is 1. The Labute approximate surface area is 145 Å². The van der Waals surface area contributed by atoms with E-state index in [-0.39, 0.29) is 17.9 Å². The molecule has 1 fully saturated rings. The lowest BCUT2D eigenvalue weighted by Crippen LogP contribution is -2.46. The Hall–Kier alpha value is -2.15. The van der Waals surface area contributed by atoms with Crippen LogP contribution in [-0.2, 0) is 18.3 Å². The second-order valence-corrected chi connectivity index (χ2v) is 6.94. The first-order valence-corrected chi connectivity index (χ1v) is 9.14. The fourth-order valence-corrected chi connectivity index (χ4v) is 3.63. The van der Waals surface area contributed by atoms with Crippen molar-refractivity contribution in [3.63, 3.8) is 0 Å². The van der Waals surface area contributed by atoms with E-state index in [1.54, 1.807) is 35.5 Å². The van der Waals surface area contributed by atoms with E-state index >= 15 is 0 Å². The Kier molecular flexibility index (Phi) is 5.30. The topological polar surface area (TPSA) is 67.2 Å². The highest BCUT2D eigenvalue weighted by molar-refractivity contribution is 7.07. The Balaban J connectivity index is 1.42. The molecule has 0 bridgehead atoms. The van der Waals surface area contributed by atoms with Gasteiger partial charge in [0.1, 0.15) is 0 Å². The number of carbonyl (C=O) groups excluding carboxylic acids is 2. The van der Waals surface area contributed by atoms with Gasteiger partial charge in [-0.15, -0.1) is 0 Å². The number of aryl methyl sites for hydroxylation is 2. The molecule has 1 N–H and O–H groups in total.